The predicted octanol–water partition coefficient (Wildman–Crippen LogP) is 3.32. The summed E-state index contributed by atoms with van der Waals surface area (Å²) in [6, 6.07) is 11.3. The van der Waals surface area contributed by atoms with Gasteiger partial charge in [-0.2, -0.15) is 0 Å². The fourth-order valence-electron chi connectivity index (χ4n) is 2.55. The quantitative estimate of drug-likeness (QED) is 0.694. The normalized spacial score (nSPS) is 12.1. The largest absolute Gasteiger partial charge is 0.483 e. The van der Waals surface area contributed by atoms with Gasteiger partial charge in [0.25, 0.3) is 0 Å². The minimum Gasteiger partial charge on any atom is -0.483 e. The van der Waals surface area contributed by atoms with Crippen molar-refractivity contribution in [3.8, 4) is 5.75 Å². The molecule has 0 amide bonds. The number of nitrogens with zero attached hydrogens (tertiary/aromatic N) is 1. The van der Waals surface area contributed by atoms with Crippen LogP contribution >= 0.6 is 0 Å². The van der Waals surface area contributed by atoms with Crippen molar-refractivity contribution in [3.05, 3.63) is 77.0 Å². The minimum atomic E-state index is -1.04. The van der Waals surface area contributed by atoms with Crippen molar-refractivity contribution >= 4 is 11.7 Å². The van der Waals surface area contributed by atoms with Gasteiger partial charge < -0.3 is 15.6 Å². The Morgan fingerprint density at radius 2 is 1.85 bits per heavy atom. The topological polar surface area (TPSA) is 84.9 Å². The molecule has 0 saturated heterocycles. The van der Waals surface area contributed by atoms with Crippen LogP contribution in [0.3, 0.4) is 0 Å². The third kappa shape index (κ3) is 5.37. The summed E-state index contributed by atoms with van der Waals surface area (Å²) in [5.41, 5.74) is 7.72. The average Bonchev–Trinajstić information content (AvgIpc) is 2.65. The molecule has 0 heterocycles. The average molecular weight is 374 g/mol. The Labute approximate surface area is 155 Å². The molecule has 0 unspecified atom stereocenters. The lowest BCUT2D eigenvalue weighted by atomic mass is 10.0. The van der Waals surface area contributed by atoms with Crippen LogP contribution in [0.2, 0.25) is 0 Å². The van der Waals surface area contributed by atoms with Gasteiger partial charge in [-0.3, -0.25) is 9.79 Å². The maximum absolute atomic E-state index is 14.2. The fraction of sp³-hybridized carbons (Fsp3) is 0.200. The van der Waals surface area contributed by atoms with Crippen LogP contribution in [-0.2, 0) is 11.2 Å². The van der Waals surface area contributed by atoms with Gasteiger partial charge in [0, 0.05) is 30.8 Å². The summed E-state index contributed by atoms with van der Waals surface area (Å²) in [5.74, 6) is -3.39. The molecule has 0 saturated carbocycles. The number of hydrogen-bond donors (Lipinski definition) is 2. The van der Waals surface area contributed by atoms with Crippen LogP contribution in [0.25, 0.3) is 0 Å². The number of aliphatic imine (C=N–C) groups is 1. The van der Waals surface area contributed by atoms with Gasteiger partial charge in [0.2, 0.25) is 0 Å². The number of carboxylic acids is 1. The molecule has 27 heavy (non-hydrogen) atoms. The molecular formula is C20H20F2N2O3. The SMILES string of the molecule is CN=C(C(=CN)COc1c(F)cc(CCC(=O)O)cc1F)c1ccccc1. The van der Waals surface area contributed by atoms with E-state index in [-0.39, 0.29) is 25.0 Å². The lowest BCUT2D eigenvalue weighted by molar-refractivity contribution is -0.136. The van der Waals surface area contributed by atoms with Crippen LogP contribution < -0.4 is 10.5 Å². The Morgan fingerprint density at radius 3 is 2.37 bits per heavy atom. The summed E-state index contributed by atoms with van der Waals surface area (Å²) in [6.07, 6.45) is 1.09. The van der Waals surface area contributed by atoms with Gasteiger partial charge in [0.05, 0.1) is 5.71 Å². The number of aliphatic carboxylic acids is 1. The second-order valence-corrected chi connectivity index (χ2v) is 5.70. The molecular weight excluding hydrogens is 354 g/mol. The van der Waals surface area contributed by atoms with Crippen molar-refractivity contribution in [2.75, 3.05) is 13.7 Å². The highest BCUT2D eigenvalue weighted by atomic mass is 19.1. The first-order valence-corrected chi connectivity index (χ1v) is 8.22. The van der Waals surface area contributed by atoms with Crippen LogP contribution in [0.4, 0.5) is 8.78 Å². The monoisotopic (exact) mass is 374 g/mol. The summed E-state index contributed by atoms with van der Waals surface area (Å²) in [6.45, 7) is -0.180. The molecule has 2 rings (SSSR count). The molecule has 0 fully saturated rings. The number of carbonyl (C=O) groups is 1. The van der Waals surface area contributed by atoms with E-state index < -0.39 is 23.4 Å². The lowest BCUT2D eigenvalue weighted by Crippen LogP contribution is -2.15. The van der Waals surface area contributed by atoms with Crippen LogP contribution in [0, 0.1) is 11.6 Å². The van der Waals surface area contributed by atoms with Gasteiger partial charge >= 0.3 is 5.97 Å². The molecule has 5 nitrogen and oxygen atoms in total. The highest BCUT2D eigenvalue weighted by Crippen LogP contribution is 2.25. The zero-order valence-electron chi connectivity index (χ0n) is 14.8. The molecule has 0 aliphatic heterocycles. The summed E-state index contributed by atoms with van der Waals surface area (Å²) >= 11 is 0. The van der Waals surface area contributed by atoms with Crippen molar-refractivity contribution in [2.24, 2.45) is 10.7 Å². The second kappa shape index (κ2) is 9.47. The van der Waals surface area contributed by atoms with Crippen LogP contribution in [-0.4, -0.2) is 30.4 Å². The van der Waals surface area contributed by atoms with E-state index in [9.17, 15) is 13.6 Å². The Bertz CT molecular complexity index is 842. The molecule has 0 bridgehead atoms. The molecule has 2 aromatic carbocycles. The van der Waals surface area contributed by atoms with E-state index in [2.05, 4.69) is 4.99 Å². The number of benzene rings is 2. The molecule has 0 atom stereocenters. The second-order valence-electron chi connectivity index (χ2n) is 5.70. The summed E-state index contributed by atoms with van der Waals surface area (Å²) in [5, 5.41) is 8.67. The Hall–Kier alpha value is -3.22. The van der Waals surface area contributed by atoms with E-state index in [4.69, 9.17) is 15.6 Å². The zero-order chi connectivity index (χ0) is 19.8. The van der Waals surface area contributed by atoms with Crippen molar-refractivity contribution in [2.45, 2.75) is 12.8 Å². The minimum absolute atomic E-state index is 0.0258. The number of hydrogen-bond acceptors (Lipinski definition) is 4. The smallest absolute Gasteiger partial charge is 0.303 e. The molecule has 0 aromatic heterocycles. The van der Waals surface area contributed by atoms with E-state index >= 15 is 0 Å². The molecule has 0 aliphatic rings. The molecule has 2 aromatic rings. The van der Waals surface area contributed by atoms with Gasteiger partial charge in [-0.15, -0.1) is 0 Å². The van der Waals surface area contributed by atoms with Crippen molar-refractivity contribution in [1.82, 2.24) is 0 Å². The van der Waals surface area contributed by atoms with Gasteiger partial charge in [0.1, 0.15) is 6.61 Å². The third-order valence-corrected chi connectivity index (χ3v) is 3.83. The molecule has 0 spiro atoms. The summed E-state index contributed by atoms with van der Waals surface area (Å²) in [4.78, 5) is 14.8. The fourth-order valence-corrected chi connectivity index (χ4v) is 2.55. The van der Waals surface area contributed by atoms with Crippen molar-refractivity contribution < 1.29 is 23.4 Å². The lowest BCUT2D eigenvalue weighted by Gasteiger charge is -2.14. The highest BCUT2D eigenvalue weighted by Gasteiger charge is 2.16. The summed E-state index contributed by atoms with van der Waals surface area (Å²) in [7, 11) is 1.59. The predicted molar refractivity (Wildman–Crippen MR) is 99.0 cm³/mol. The highest BCUT2D eigenvalue weighted by molar-refractivity contribution is 6.12. The number of rotatable bonds is 8. The maximum Gasteiger partial charge on any atom is 0.303 e. The van der Waals surface area contributed by atoms with E-state index in [0.29, 0.717) is 11.3 Å². The molecule has 3 N–H and O–H groups in total. The Morgan fingerprint density at radius 1 is 1.22 bits per heavy atom. The van der Waals surface area contributed by atoms with Gasteiger partial charge in [-0.05, 0) is 24.1 Å². The van der Waals surface area contributed by atoms with E-state index in [1.165, 1.54) is 6.20 Å². The van der Waals surface area contributed by atoms with Crippen molar-refractivity contribution in [1.29, 1.82) is 0 Å². The number of nitrogens with two attached hydrogens (primary N) is 1. The van der Waals surface area contributed by atoms with Crippen LogP contribution in [0.1, 0.15) is 17.5 Å². The first-order chi connectivity index (χ1) is 13.0. The molecule has 142 valence electrons. The molecule has 0 aliphatic carbocycles. The zero-order valence-corrected chi connectivity index (χ0v) is 14.8. The standard InChI is InChI=1S/C20H20F2N2O3/c1-24-19(14-5-3-2-4-6-14)15(11-23)12-27-20-16(21)9-13(10-17(20)22)7-8-18(25)26/h2-6,9-11H,7-8,12,23H2,1H3,(H,25,26). The third-order valence-electron chi connectivity index (χ3n) is 3.83. The maximum atomic E-state index is 14.2. The van der Waals surface area contributed by atoms with Gasteiger partial charge in [-0.25, -0.2) is 8.78 Å². The van der Waals surface area contributed by atoms with Crippen molar-refractivity contribution in [3.63, 3.8) is 0 Å². The number of ether oxygens (including phenoxy) is 1. The first-order valence-electron chi connectivity index (χ1n) is 8.22. The Kier molecular flexibility index (Phi) is 7.05. The Balaban J connectivity index is 2.16. The number of carboxylic acid groups (broad SMARTS) is 1. The van der Waals surface area contributed by atoms with Crippen LogP contribution in [0.15, 0.2) is 59.2 Å². The molecule has 0 radical (unpaired) electrons. The van der Waals surface area contributed by atoms with Gasteiger partial charge in [0.15, 0.2) is 17.4 Å². The number of halogens is 2. The first kappa shape index (κ1) is 20.1. The van der Waals surface area contributed by atoms with Crippen LogP contribution in [0.5, 0.6) is 5.75 Å². The van der Waals surface area contributed by atoms with E-state index in [0.717, 1.165) is 17.7 Å². The van der Waals surface area contributed by atoms with E-state index in [1.54, 1.807) is 7.05 Å². The molecule has 7 heteroatoms. The summed E-state index contributed by atoms with van der Waals surface area (Å²) < 4.78 is 33.7. The number of aryl methyl sites for hydroxylation is 1. The van der Waals surface area contributed by atoms with Gasteiger partial charge in [-0.1, -0.05) is 30.3 Å². The van der Waals surface area contributed by atoms with E-state index in [1.807, 2.05) is 30.3 Å².